The number of fused-ring (bicyclic) bond motifs is 1. The lowest BCUT2D eigenvalue weighted by Gasteiger charge is -2.42. The van der Waals surface area contributed by atoms with Crippen LogP contribution in [0.2, 0.25) is 5.02 Å². The van der Waals surface area contributed by atoms with E-state index in [1.165, 1.54) is 12.1 Å². The first-order valence-electron chi connectivity index (χ1n) is 11.4. The molecule has 2 saturated heterocycles. The Bertz CT molecular complexity index is 1270. The molecule has 0 bridgehead atoms. The Labute approximate surface area is 204 Å². The van der Waals surface area contributed by atoms with Crippen LogP contribution in [0.1, 0.15) is 32.6 Å². The van der Waals surface area contributed by atoms with Crippen molar-refractivity contribution in [2.24, 2.45) is 5.92 Å². The summed E-state index contributed by atoms with van der Waals surface area (Å²) in [4.78, 5) is 28.4. The van der Waals surface area contributed by atoms with E-state index in [0.717, 1.165) is 29.0 Å². The van der Waals surface area contributed by atoms with Gasteiger partial charge in [0, 0.05) is 24.7 Å². The summed E-state index contributed by atoms with van der Waals surface area (Å²) in [5.74, 6) is -1.75. The second-order valence-electron chi connectivity index (χ2n) is 8.86. The number of carbonyl (C=O) groups is 2. The number of piperidine rings is 1. The molecule has 2 aliphatic rings. The van der Waals surface area contributed by atoms with Crippen molar-refractivity contribution in [3.63, 3.8) is 0 Å². The molecule has 0 spiro atoms. The average Bonchev–Trinajstić information content (AvgIpc) is 3.23. The SMILES string of the molecule is C[C@H](C(=O)N1CCCCC1)[C@@]1(N(CC#N)S(=O)(=O)c2ccc3cc(Cl)ccc3c2)CCNC1=O. The van der Waals surface area contributed by atoms with Crippen LogP contribution in [0.5, 0.6) is 0 Å². The second-order valence-corrected chi connectivity index (χ2v) is 11.2. The lowest BCUT2D eigenvalue weighted by atomic mass is 9.82. The Morgan fingerprint density at radius 2 is 1.88 bits per heavy atom. The highest BCUT2D eigenvalue weighted by Gasteiger charge is 2.58. The number of nitriles is 1. The van der Waals surface area contributed by atoms with Crippen molar-refractivity contribution in [3.05, 3.63) is 41.4 Å². The summed E-state index contributed by atoms with van der Waals surface area (Å²) in [7, 11) is -4.30. The third-order valence-corrected chi connectivity index (χ3v) is 9.08. The van der Waals surface area contributed by atoms with E-state index in [0.29, 0.717) is 23.5 Å². The molecule has 10 heteroatoms. The smallest absolute Gasteiger partial charge is 0.245 e. The van der Waals surface area contributed by atoms with Gasteiger partial charge in [-0.3, -0.25) is 9.59 Å². The topological polar surface area (TPSA) is 111 Å². The lowest BCUT2D eigenvalue weighted by Crippen LogP contribution is -2.63. The molecule has 1 N–H and O–H groups in total. The van der Waals surface area contributed by atoms with E-state index in [4.69, 9.17) is 11.6 Å². The Morgan fingerprint density at radius 3 is 2.53 bits per heavy atom. The van der Waals surface area contributed by atoms with Crippen LogP contribution in [0.25, 0.3) is 10.8 Å². The Morgan fingerprint density at radius 1 is 1.21 bits per heavy atom. The van der Waals surface area contributed by atoms with Gasteiger partial charge in [0.05, 0.1) is 16.9 Å². The van der Waals surface area contributed by atoms with Crippen molar-refractivity contribution in [2.75, 3.05) is 26.2 Å². The van der Waals surface area contributed by atoms with E-state index in [2.05, 4.69) is 5.32 Å². The predicted molar refractivity (Wildman–Crippen MR) is 128 cm³/mol. The molecule has 4 rings (SSSR count). The number of hydrogen-bond donors (Lipinski definition) is 1. The number of halogens is 1. The first kappa shape index (κ1) is 24.5. The molecule has 2 amide bonds. The summed E-state index contributed by atoms with van der Waals surface area (Å²) in [6.45, 7) is 2.44. The third kappa shape index (κ3) is 4.15. The van der Waals surface area contributed by atoms with Crippen LogP contribution < -0.4 is 5.32 Å². The quantitative estimate of drug-likeness (QED) is 0.610. The van der Waals surface area contributed by atoms with E-state index >= 15 is 0 Å². The van der Waals surface area contributed by atoms with Gasteiger partial charge < -0.3 is 10.2 Å². The summed E-state index contributed by atoms with van der Waals surface area (Å²) < 4.78 is 28.8. The van der Waals surface area contributed by atoms with Crippen molar-refractivity contribution in [2.45, 2.75) is 43.0 Å². The third-order valence-electron chi connectivity index (χ3n) is 6.96. The maximum atomic E-state index is 13.9. The van der Waals surface area contributed by atoms with Crippen LogP contribution in [0.3, 0.4) is 0 Å². The van der Waals surface area contributed by atoms with Gasteiger partial charge in [-0.05, 0) is 60.7 Å². The van der Waals surface area contributed by atoms with Crippen molar-refractivity contribution in [3.8, 4) is 6.07 Å². The molecule has 0 radical (unpaired) electrons. The molecule has 2 heterocycles. The first-order chi connectivity index (χ1) is 16.2. The average molecular weight is 503 g/mol. The molecule has 2 aromatic rings. The van der Waals surface area contributed by atoms with Crippen LogP contribution in [0.4, 0.5) is 0 Å². The van der Waals surface area contributed by atoms with Gasteiger partial charge in [0.25, 0.3) is 0 Å². The zero-order chi connectivity index (χ0) is 24.5. The molecule has 2 aromatic carbocycles. The lowest BCUT2D eigenvalue weighted by molar-refractivity contribution is -0.145. The van der Waals surface area contributed by atoms with Crippen molar-refractivity contribution in [1.29, 1.82) is 5.26 Å². The van der Waals surface area contributed by atoms with Gasteiger partial charge >= 0.3 is 0 Å². The molecule has 0 saturated carbocycles. The van der Waals surface area contributed by atoms with Crippen LogP contribution in [0, 0.1) is 17.2 Å². The van der Waals surface area contributed by atoms with E-state index in [1.807, 2.05) is 6.07 Å². The van der Waals surface area contributed by atoms with E-state index in [9.17, 15) is 23.3 Å². The van der Waals surface area contributed by atoms with Crippen LogP contribution in [0.15, 0.2) is 41.3 Å². The second kappa shape index (κ2) is 9.53. The molecule has 2 fully saturated rings. The van der Waals surface area contributed by atoms with Crippen molar-refractivity contribution in [1.82, 2.24) is 14.5 Å². The van der Waals surface area contributed by atoms with Crippen LogP contribution >= 0.6 is 11.6 Å². The minimum Gasteiger partial charge on any atom is -0.354 e. The number of likely N-dealkylation sites (tertiary alicyclic amines) is 1. The highest BCUT2D eigenvalue weighted by Crippen LogP contribution is 2.38. The number of nitrogens with one attached hydrogen (secondary N) is 1. The number of amides is 2. The summed E-state index contributed by atoms with van der Waals surface area (Å²) >= 11 is 6.05. The van der Waals surface area contributed by atoms with Crippen molar-refractivity contribution < 1.29 is 18.0 Å². The molecule has 180 valence electrons. The van der Waals surface area contributed by atoms with Gasteiger partial charge in [0.1, 0.15) is 12.1 Å². The Kier molecular flexibility index (Phi) is 6.85. The largest absolute Gasteiger partial charge is 0.354 e. The predicted octanol–water partition coefficient (Wildman–Crippen LogP) is 2.91. The number of benzene rings is 2. The minimum absolute atomic E-state index is 0.0470. The molecule has 34 heavy (non-hydrogen) atoms. The highest BCUT2D eigenvalue weighted by molar-refractivity contribution is 7.89. The van der Waals surface area contributed by atoms with Gasteiger partial charge in [0.2, 0.25) is 21.8 Å². The fourth-order valence-corrected chi connectivity index (χ4v) is 7.02. The van der Waals surface area contributed by atoms with E-state index in [1.54, 1.807) is 36.1 Å². The maximum Gasteiger partial charge on any atom is 0.245 e. The van der Waals surface area contributed by atoms with Crippen LogP contribution in [-0.2, 0) is 19.6 Å². The molecule has 0 unspecified atom stereocenters. The minimum atomic E-state index is -4.30. The molecular formula is C24H27ClN4O4S. The van der Waals surface area contributed by atoms with Crippen molar-refractivity contribution >= 4 is 44.2 Å². The fourth-order valence-electron chi connectivity index (χ4n) is 5.08. The van der Waals surface area contributed by atoms with Gasteiger partial charge in [-0.15, -0.1) is 0 Å². The Balaban J connectivity index is 1.80. The van der Waals surface area contributed by atoms with Gasteiger partial charge in [0.15, 0.2) is 0 Å². The van der Waals surface area contributed by atoms with E-state index < -0.39 is 33.9 Å². The normalized spacial score (nSPS) is 21.9. The number of sulfonamides is 1. The molecule has 8 nitrogen and oxygen atoms in total. The summed E-state index contributed by atoms with van der Waals surface area (Å²) in [6.07, 6.45) is 2.89. The molecule has 0 aliphatic carbocycles. The van der Waals surface area contributed by atoms with Crippen LogP contribution in [-0.4, -0.2) is 61.2 Å². The monoisotopic (exact) mass is 502 g/mol. The molecule has 2 aliphatic heterocycles. The maximum absolute atomic E-state index is 13.9. The summed E-state index contributed by atoms with van der Waals surface area (Å²) in [5, 5.41) is 14.2. The highest BCUT2D eigenvalue weighted by atomic mass is 35.5. The van der Waals surface area contributed by atoms with E-state index in [-0.39, 0.29) is 23.8 Å². The Hall–Kier alpha value is -2.67. The summed E-state index contributed by atoms with van der Waals surface area (Å²) in [6, 6.07) is 11.6. The summed E-state index contributed by atoms with van der Waals surface area (Å²) in [5.41, 5.74) is -1.68. The number of carbonyl (C=O) groups excluding carboxylic acids is 2. The molecule has 0 aromatic heterocycles. The van der Waals surface area contributed by atoms with Gasteiger partial charge in [-0.1, -0.05) is 30.7 Å². The first-order valence-corrected chi connectivity index (χ1v) is 13.2. The number of rotatable bonds is 6. The van der Waals surface area contributed by atoms with Gasteiger partial charge in [-0.2, -0.15) is 9.57 Å². The molecular weight excluding hydrogens is 476 g/mol. The fraction of sp³-hybridized carbons (Fsp3) is 0.458. The molecule has 2 atom stereocenters. The number of nitrogens with zero attached hydrogens (tertiary/aromatic N) is 3. The standard InChI is InChI=1S/C24H27ClN4O4S/c1-17(22(30)28-12-3-2-4-13-28)24(9-11-27-23(24)31)29(14-10-26)34(32,33)21-8-6-18-15-20(25)7-5-19(18)16-21/h5-8,15-17H,2-4,9,11-14H2,1H3,(H,27,31)/t17-,24+/m1/s1. The zero-order valence-electron chi connectivity index (χ0n) is 19.0. The number of hydrogen-bond acceptors (Lipinski definition) is 5. The zero-order valence-corrected chi connectivity index (χ0v) is 20.5. The van der Waals surface area contributed by atoms with Gasteiger partial charge in [-0.25, -0.2) is 8.42 Å².